The first kappa shape index (κ1) is 14.6. The van der Waals surface area contributed by atoms with E-state index in [1.807, 2.05) is 0 Å². The lowest BCUT2D eigenvalue weighted by atomic mass is 10.2. The maximum absolute atomic E-state index is 11.6. The van der Waals surface area contributed by atoms with Crippen molar-refractivity contribution >= 4 is 17.5 Å². The number of hydrogen-bond acceptors (Lipinski definition) is 6. The molecule has 0 amide bonds. The molecule has 110 valence electrons. The number of aromatic nitrogens is 1. The second-order valence-corrected chi connectivity index (χ2v) is 5.35. The molecule has 0 aliphatic carbocycles. The molecule has 0 bridgehead atoms. The molecule has 1 aliphatic heterocycles. The molecule has 0 radical (unpaired) electrons. The number of carbonyl (C=O) groups excluding carboxylic acids is 1. The number of ether oxygens (including phenoxy) is 1. The van der Waals surface area contributed by atoms with Gasteiger partial charge in [0.2, 0.25) is 0 Å². The summed E-state index contributed by atoms with van der Waals surface area (Å²) in [5.74, 6) is 0.256. The van der Waals surface area contributed by atoms with Crippen LogP contribution < -0.4 is 10.6 Å². The summed E-state index contributed by atoms with van der Waals surface area (Å²) >= 11 is 0. The highest BCUT2D eigenvalue weighted by Gasteiger charge is 2.28. The third-order valence-corrected chi connectivity index (χ3v) is 3.52. The summed E-state index contributed by atoms with van der Waals surface area (Å²) in [6, 6.07) is 3.70. The van der Waals surface area contributed by atoms with Crippen molar-refractivity contribution in [1.82, 2.24) is 9.88 Å². The van der Waals surface area contributed by atoms with Gasteiger partial charge in [-0.05, 0) is 39.1 Å². The van der Waals surface area contributed by atoms with E-state index in [0.717, 1.165) is 25.9 Å². The summed E-state index contributed by atoms with van der Waals surface area (Å²) in [7, 11) is 5.46. The molecule has 2 heterocycles. The fourth-order valence-corrected chi connectivity index (χ4v) is 2.63. The fourth-order valence-electron chi connectivity index (χ4n) is 2.63. The Bertz CT molecular complexity index is 490. The topological polar surface area (TPSA) is 71.7 Å². The van der Waals surface area contributed by atoms with E-state index < -0.39 is 5.97 Å². The van der Waals surface area contributed by atoms with E-state index in [1.165, 1.54) is 7.11 Å². The molecule has 2 rings (SSSR count). The number of carbonyl (C=O) groups is 1. The molecule has 20 heavy (non-hydrogen) atoms. The zero-order valence-corrected chi connectivity index (χ0v) is 12.3. The quantitative estimate of drug-likeness (QED) is 0.828. The van der Waals surface area contributed by atoms with Crippen LogP contribution in [0.25, 0.3) is 0 Å². The number of nitrogens with zero attached hydrogens (tertiary/aromatic N) is 3. The molecule has 1 fully saturated rings. The Morgan fingerprint density at radius 3 is 2.95 bits per heavy atom. The Morgan fingerprint density at radius 2 is 2.30 bits per heavy atom. The minimum atomic E-state index is -0.436. The molecule has 1 atom stereocenters. The minimum Gasteiger partial charge on any atom is -0.464 e. The average Bonchev–Trinajstić information content (AvgIpc) is 2.85. The zero-order chi connectivity index (χ0) is 14.7. The number of nitrogens with two attached hydrogens (primary N) is 1. The lowest BCUT2D eigenvalue weighted by Crippen LogP contribution is -2.38. The van der Waals surface area contributed by atoms with Crippen molar-refractivity contribution in [3.05, 3.63) is 17.8 Å². The average molecular weight is 278 g/mol. The van der Waals surface area contributed by atoms with Crippen molar-refractivity contribution in [2.45, 2.75) is 18.9 Å². The number of nitrogen functional groups attached to an aromatic ring is 1. The third kappa shape index (κ3) is 3.01. The Labute approximate surface area is 119 Å². The molecule has 1 aliphatic rings. The SMILES string of the molecule is COC(=O)c1ccc(N)c(N2CCCC2CN(C)C)n1. The van der Waals surface area contributed by atoms with Crippen LogP contribution in [0.1, 0.15) is 23.3 Å². The summed E-state index contributed by atoms with van der Waals surface area (Å²) in [6.07, 6.45) is 2.23. The normalized spacial score (nSPS) is 18.6. The summed E-state index contributed by atoms with van der Waals surface area (Å²) in [5.41, 5.74) is 6.93. The zero-order valence-electron chi connectivity index (χ0n) is 12.3. The Kier molecular flexibility index (Phi) is 4.44. The maximum atomic E-state index is 11.6. The van der Waals surface area contributed by atoms with Gasteiger partial charge in [0.05, 0.1) is 12.8 Å². The first-order chi connectivity index (χ1) is 9.52. The molecule has 6 nitrogen and oxygen atoms in total. The van der Waals surface area contributed by atoms with Crippen LogP contribution in [0, 0.1) is 0 Å². The highest BCUT2D eigenvalue weighted by atomic mass is 16.5. The van der Waals surface area contributed by atoms with E-state index >= 15 is 0 Å². The van der Waals surface area contributed by atoms with Gasteiger partial charge in [0.1, 0.15) is 0 Å². The molecule has 1 aromatic rings. The van der Waals surface area contributed by atoms with E-state index in [1.54, 1.807) is 12.1 Å². The number of pyridine rings is 1. The van der Waals surface area contributed by atoms with Crippen LogP contribution in [-0.2, 0) is 4.74 Å². The molecule has 6 heteroatoms. The van der Waals surface area contributed by atoms with Crippen molar-refractivity contribution in [1.29, 1.82) is 0 Å². The van der Waals surface area contributed by atoms with Gasteiger partial charge in [-0.3, -0.25) is 0 Å². The monoisotopic (exact) mass is 278 g/mol. The number of methoxy groups -OCH3 is 1. The third-order valence-electron chi connectivity index (χ3n) is 3.52. The molecule has 0 saturated carbocycles. The Balaban J connectivity index is 2.28. The predicted molar refractivity (Wildman–Crippen MR) is 78.9 cm³/mol. The van der Waals surface area contributed by atoms with Gasteiger partial charge in [0.15, 0.2) is 11.5 Å². The van der Waals surface area contributed by atoms with Crippen molar-refractivity contribution in [2.24, 2.45) is 0 Å². The van der Waals surface area contributed by atoms with Crippen molar-refractivity contribution < 1.29 is 9.53 Å². The number of esters is 1. The van der Waals surface area contributed by atoms with E-state index in [2.05, 4.69) is 28.9 Å². The van der Waals surface area contributed by atoms with Crippen LogP contribution in [0.5, 0.6) is 0 Å². The van der Waals surface area contributed by atoms with Gasteiger partial charge in [-0.1, -0.05) is 0 Å². The molecule has 1 unspecified atom stereocenters. The lowest BCUT2D eigenvalue weighted by molar-refractivity contribution is 0.0594. The molecule has 1 saturated heterocycles. The molecule has 0 spiro atoms. The van der Waals surface area contributed by atoms with Crippen molar-refractivity contribution in [3.63, 3.8) is 0 Å². The van der Waals surface area contributed by atoms with Crippen LogP contribution in [0.4, 0.5) is 11.5 Å². The summed E-state index contributed by atoms with van der Waals surface area (Å²) < 4.78 is 4.72. The lowest BCUT2D eigenvalue weighted by Gasteiger charge is -2.29. The molecular formula is C14H22N4O2. The van der Waals surface area contributed by atoms with E-state index in [-0.39, 0.29) is 0 Å². The molecular weight excluding hydrogens is 256 g/mol. The van der Waals surface area contributed by atoms with Gasteiger partial charge in [-0.15, -0.1) is 0 Å². The Morgan fingerprint density at radius 1 is 1.55 bits per heavy atom. The number of hydrogen-bond donors (Lipinski definition) is 1. The predicted octanol–water partition coefficient (Wildman–Crippen LogP) is 0.981. The van der Waals surface area contributed by atoms with E-state index in [4.69, 9.17) is 10.5 Å². The second-order valence-electron chi connectivity index (χ2n) is 5.35. The van der Waals surface area contributed by atoms with Gasteiger partial charge in [-0.25, -0.2) is 9.78 Å². The van der Waals surface area contributed by atoms with Crippen LogP contribution in [0.3, 0.4) is 0 Å². The summed E-state index contributed by atoms with van der Waals surface area (Å²) in [5, 5.41) is 0. The standard InChI is InChI=1S/C14H22N4O2/c1-17(2)9-10-5-4-8-18(10)13-11(15)6-7-12(16-13)14(19)20-3/h6-7,10H,4-5,8-9,15H2,1-3H3. The largest absolute Gasteiger partial charge is 0.464 e. The van der Waals surface area contributed by atoms with Gasteiger partial charge < -0.3 is 20.3 Å². The summed E-state index contributed by atoms with van der Waals surface area (Å²) in [6.45, 7) is 1.86. The highest BCUT2D eigenvalue weighted by Crippen LogP contribution is 2.29. The van der Waals surface area contributed by atoms with E-state index in [0.29, 0.717) is 23.2 Å². The first-order valence-electron chi connectivity index (χ1n) is 6.79. The summed E-state index contributed by atoms with van der Waals surface area (Å²) in [4.78, 5) is 20.3. The molecule has 1 aromatic heterocycles. The number of likely N-dealkylation sites (N-methyl/N-ethyl adjacent to an activating group) is 1. The van der Waals surface area contributed by atoms with Gasteiger partial charge in [0.25, 0.3) is 0 Å². The Hall–Kier alpha value is -1.82. The van der Waals surface area contributed by atoms with Crippen molar-refractivity contribution in [2.75, 3.05) is 44.9 Å². The van der Waals surface area contributed by atoms with Gasteiger partial charge in [0, 0.05) is 19.1 Å². The van der Waals surface area contributed by atoms with Crippen LogP contribution >= 0.6 is 0 Å². The highest BCUT2D eigenvalue weighted by molar-refractivity contribution is 5.88. The van der Waals surface area contributed by atoms with Crippen LogP contribution in [0.2, 0.25) is 0 Å². The first-order valence-corrected chi connectivity index (χ1v) is 6.79. The number of rotatable bonds is 4. The second kappa shape index (κ2) is 6.09. The van der Waals surface area contributed by atoms with Crippen LogP contribution in [0.15, 0.2) is 12.1 Å². The van der Waals surface area contributed by atoms with Gasteiger partial charge >= 0.3 is 5.97 Å². The fraction of sp³-hybridized carbons (Fsp3) is 0.571. The van der Waals surface area contributed by atoms with E-state index in [9.17, 15) is 4.79 Å². The van der Waals surface area contributed by atoms with Gasteiger partial charge in [-0.2, -0.15) is 0 Å². The maximum Gasteiger partial charge on any atom is 0.356 e. The smallest absolute Gasteiger partial charge is 0.356 e. The van der Waals surface area contributed by atoms with Crippen LogP contribution in [-0.4, -0.2) is 56.2 Å². The molecule has 2 N–H and O–H groups in total. The minimum absolute atomic E-state index is 0.298. The van der Waals surface area contributed by atoms with Crippen molar-refractivity contribution in [3.8, 4) is 0 Å². The number of anilines is 2. The molecule has 0 aromatic carbocycles.